The molecule has 120 valence electrons. The van der Waals surface area contributed by atoms with Crippen molar-refractivity contribution in [1.29, 1.82) is 0 Å². The first kappa shape index (κ1) is 18.9. The number of hydrogen-bond donors (Lipinski definition) is 0. The number of hydrogen-bond acceptors (Lipinski definition) is 4. The van der Waals surface area contributed by atoms with Crippen molar-refractivity contribution in [2.75, 3.05) is 13.2 Å². The van der Waals surface area contributed by atoms with Gasteiger partial charge in [-0.3, -0.25) is 4.79 Å². The van der Waals surface area contributed by atoms with Gasteiger partial charge in [0.25, 0.3) is 0 Å². The van der Waals surface area contributed by atoms with Crippen molar-refractivity contribution < 1.29 is 19.1 Å². The lowest BCUT2D eigenvalue weighted by Gasteiger charge is -2.09. The van der Waals surface area contributed by atoms with Crippen LogP contribution in [0.2, 0.25) is 0 Å². The Morgan fingerprint density at radius 1 is 1.18 bits per heavy atom. The van der Waals surface area contributed by atoms with Crippen LogP contribution < -0.4 is 0 Å². The van der Waals surface area contributed by atoms with Crippen molar-refractivity contribution in [3.8, 4) is 0 Å². The largest absolute Gasteiger partial charge is 0.462 e. The summed E-state index contributed by atoms with van der Waals surface area (Å²) in [6.07, 6.45) is 2.16. The predicted molar refractivity (Wildman–Crippen MR) is 92.4 cm³/mol. The summed E-state index contributed by atoms with van der Waals surface area (Å²) < 4.78 is 10.1. The summed E-state index contributed by atoms with van der Waals surface area (Å²) >= 11 is 6.72. The fraction of sp³-hybridized carbons (Fsp3) is 0.375. The minimum absolute atomic E-state index is 0.183. The molecule has 0 atom stereocenters. The molecule has 22 heavy (non-hydrogen) atoms. The van der Waals surface area contributed by atoms with E-state index >= 15 is 0 Å². The molecule has 4 nitrogen and oxygen atoms in total. The average molecular weight is 434 g/mol. The fourth-order valence-corrected chi connectivity index (χ4v) is 2.53. The maximum absolute atomic E-state index is 12.1. The van der Waals surface area contributed by atoms with Crippen LogP contribution in [0.3, 0.4) is 0 Å². The molecule has 0 spiro atoms. The summed E-state index contributed by atoms with van der Waals surface area (Å²) in [7, 11) is 0. The molecule has 0 unspecified atom stereocenters. The van der Waals surface area contributed by atoms with Gasteiger partial charge in [-0.25, -0.2) is 4.79 Å². The van der Waals surface area contributed by atoms with Gasteiger partial charge in [0, 0.05) is 17.1 Å². The van der Waals surface area contributed by atoms with Gasteiger partial charge in [-0.2, -0.15) is 0 Å². The van der Waals surface area contributed by atoms with E-state index < -0.39 is 0 Å². The van der Waals surface area contributed by atoms with Gasteiger partial charge in [-0.1, -0.05) is 56.6 Å². The Balaban J connectivity index is 2.48. The number of halogens is 2. The van der Waals surface area contributed by atoms with Gasteiger partial charge in [-0.15, -0.1) is 0 Å². The first-order valence-electron chi connectivity index (χ1n) is 6.79. The van der Waals surface area contributed by atoms with Crippen LogP contribution in [0.4, 0.5) is 0 Å². The van der Waals surface area contributed by atoms with Gasteiger partial charge in [0.1, 0.15) is 6.61 Å². The van der Waals surface area contributed by atoms with Gasteiger partial charge in [0.2, 0.25) is 0 Å². The normalized spacial score (nSPS) is 10.1. The maximum Gasteiger partial charge on any atom is 0.338 e. The van der Waals surface area contributed by atoms with Crippen molar-refractivity contribution >= 4 is 43.8 Å². The van der Waals surface area contributed by atoms with E-state index in [-0.39, 0.29) is 31.6 Å². The molecule has 0 saturated carbocycles. The van der Waals surface area contributed by atoms with Crippen molar-refractivity contribution in [2.24, 2.45) is 0 Å². The Kier molecular flexibility index (Phi) is 9.08. The van der Waals surface area contributed by atoms with E-state index in [1.165, 1.54) is 6.08 Å². The predicted octanol–water partition coefficient (Wildman–Crippen LogP) is 4.14. The molecule has 1 aromatic carbocycles. The topological polar surface area (TPSA) is 52.6 Å². The summed E-state index contributed by atoms with van der Waals surface area (Å²) in [5.74, 6) is -0.699. The summed E-state index contributed by atoms with van der Waals surface area (Å²) in [4.78, 5) is 23.4. The highest BCUT2D eigenvalue weighted by Gasteiger charge is 2.13. The van der Waals surface area contributed by atoms with Crippen LogP contribution in [0.15, 0.2) is 30.9 Å². The third kappa shape index (κ3) is 6.32. The number of ether oxygens (including phenoxy) is 2. The molecule has 0 aliphatic carbocycles. The maximum atomic E-state index is 12.1. The second-order valence-electron chi connectivity index (χ2n) is 4.47. The second-order valence-corrected chi connectivity index (χ2v) is 5.59. The van der Waals surface area contributed by atoms with Crippen LogP contribution in [-0.2, 0) is 24.9 Å². The zero-order valence-corrected chi connectivity index (χ0v) is 15.3. The molecule has 0 aromatic heterocycles. The molecule has 0 aliphatic heterocycles. The molecule has 0 aliphatic rings. The van der Waals surface area contributed by atoms with Gasteiger partial charge in [0.05, 0.1) is 12.2 Å². The summed E-state index contributed by atoms with van der Waals surface area (Å²) in [5.41, 5.74) is 2.42. The third-order valence-corrected chi connectivity index (χ3v) is 4.06. The Morgan fingerprint density at radius 2 is 1.95 bits per heavy atom. The Morgan fingerprint density at radius 3 is 2.59 bits per heavy atom. The zero-order chi connectivity index (χ0) is 16.4. The monoisotopic (exact) mass is 432 g/mol. The molecule has 1 aromatic rings. The third-order valence-electron chi connectivity index (χ3n) is 2.81. The van der Waals surface area contributed by atoms with E-state index in [0.29, 0.717) is 22.6 Å². The number of esters is 2. The summed E-state index contributed by atoms with van der Waals surface area (Å²) in [6, 6.07) is 5.67. The van der Waals surface area contributed by atoms with Crippen LogP contribution in [0.1, 0.15) is 34.3 Å². The summed E-state index contributed by atoms with van der Waals surface area (Å²) in [6.45, 7) is 3.85. The quantitative estimate of drug-likeness (QED) is 0.254. The van der Waals surface area contributed by atoms with E-state index in [1.807, 2.05) is 18.2 Å². The lowest BCUT2D eigenvalue weighted by atomic mass is 10.1. The average Bonchev–Trinajstić information content (AvgIpc) is 2.55. The lowest BCUT2D eigenvalue weighted by molar-refractivity contribution is -0.142. The van der Waals surface area contributed by atoms with Crippen molar-refractivity contribution in [3.63, 3.8) is 0 Å². The van der Waals surface area contributed by atoms with Crippen LogP contribution in [0.5, 0.6) is 0 Å². The zero-order valence-electron chi connectivity index (χ0n) is 12.1. The molecule has 0 bridgehead atoms. The highest BCUT2D eigenvalue weighted by atomic mass is 79.9. The minimum Gasteiger partial charge on any atom is -0.462 e. The Hall–Kier alpha value is -1.14. The van der Waals surface area contributed by atoms with Gasteiger partial charge < -0.3 is 9.47 Å². The highest BCUT2D eigenvalue weighted by Crippen LogP contribution is 2.18. The molecule has 6 heteroatoms. The van der Waals surface area contributed by atoms with E-state index in [0.717, 1.165) is 11.1 Å². The molecule has 0 saturated heterocycles. The number of rotatable bonds is 9. The van der Waals surface area contributed by atoms with Crippen LogP contribution >= 0.6 is 31.9 Å². The molecule has 0 fully saturated rings. The van der Waals surface area contributed by atoms with Crippen LogP contribution in [-0.4, -0.2) is 25.2 Å². The van der Waals surface area contributed by atoms with Gasteiger partial charge in [-0.05, 0) is 23.6 Å². The molecule has 0 N–H and O–H groups in total. The standard InChI is InChI=1S/C16H18Br2O4/c1-2-7-21-15(19)4-3-8-22-16(20)14-9-12(10-17)5-6-13(14)11-18/h2,5-6,9H,1,3-4,7-8,10-11H2. The van der Waals surface area contributed by atoms with Crippen LogP contribution in [0.25, 0.3) is 0 Å². The number of carbonyl (C=O) groups is 2. The van der Waals surface area contributed by atoms with Crippen LogP contribution in [0, 0.1) is 0 Å². The van der Waals surface area contributed by atoms with E-state index in [9.17, 15) is 9.59 Å². The second kappa shape index (κ2) is 10.6. The Labute approximate surface area is 147 Å². The van der Waals surface area contributed by atoms with Gasteiger partial charge in [0.15, 0.2) is 0 Å². The molecule has 1 rings (SSSR count). The number of alkyl halides is 2. The van der Waals surface area contributed by atoms with Crippen molar-refractivity contribution in [1.82, 2.24) is 0 Å². The van der Waals surface area contributed by atoms with Crippen molar-refractivity contribution in [3.05, 3.63) is 47.5 Å². The highest BCUT2D eigenvalue weighted by molar-refractivity contribution is 9.08. The minimum atomic E-state index is -0.378. The molecular weight excluding hydrogens is 416 g/mol. The first-order chi connectivity index (χ1) is 10.6. The van der Waals surface area contributed by atoms with Crippen molar-refractivity contribution in [2.45, 2.75) is 23.5 Å². The number of benzene rings is 1. The summed E-state index contributed by atoms with van der Waals surface area (Å²) in [5, 5.41) is 1.25. The number of carbonyl (C=O) groups excluding carboxylic acids is 2. The first-order valence-corrected chi connectivity index (χ1v) is 9.04. The molecule has 0 heterocycles. The van der Waals surface area contributed by atoms with Gasteiger partial charge >= 0.3 is 11.9 Å². The lowest BCUT2D eigenvalue weighted by Crippen LogP contribution is -2.11. The molecule has 0 amide bonds. The van der Waals surface area contributed by atoms with E-state index in [4.69, 9.17) is 9.47 Å². The fourth-order valence-electron chi connectivity index (χ4n) is 1.70. The SMILES string of the molecule is C=CCOC(=O)CCCOC(=O)c1cc(CBr)ccc1CBr. The Bertz CT molecular complexity index is 529. The van der Waals surface area contributed by atoms with E-state index in [1.54, 1.807) is 0 Å². The molecule has 0 radical (unpaired) electrons. The smallest absolute Gasteiger partial charge is 0.338 e. The molecular formula is C16H18Br2O4. The van der Waals surface area contributed by atoms with E-state index in [2.05, 4.69) is 38.4 Å².